The van der Waals surface area contributed by atoms with Gasteiger partial charge in [0.1, 0.15) is 12.3 Å². The van der Waals surface area contributed by atoms with Crippen molar-refractivity contribution in [3.8, 4) is 5.75 Å². The number of amides is 1. The van der Waals surface area contributed by atoms with E-state index in [9.17, 15) is 23.3 Å². The van der Waals surface area contributed by atoms with Crippen molar-refractivity contribution >= 4 is 56.7 Å². The van der Waals surface area contributed by atoms with Crippen LogP contribution in [0.25, 0.3) is 0 Å². The van der Waals surface area contributed by atoms with E-state index in [0.717, 1.165) is 10.4 Å². The number of sulfonamides is 1. The molecule has 0 fully saturated rings. The Hall–Kier alpha value is -3.67. The first-order chi connectivity index (χ1) is 17.0. The number of rotatable bonds is 9. The van der Waals surface area contributed by atoms with E-state index in [1.165, 1.54) is 62.7 Å². The summed E-state index contributed by atoms with van der Waals surface area (Å²) in [4.78, 5) is 23.0. The molecule has 0 aromatic heterocycles. The number of nitrogens with one attached hydrogen (secondary N) is 1. The lowest BCUT2D eigenvalue weighted by Crippen LogP contribution is -2.39. The highest BCUT2D eigenvalue weighted by Gasteiger charge is 2.29. The lowest BCUT2D eigenvalue weighted by atomic mass is 10.2. The van der Waals surface area contributed by atoms with Crippen LogP contribution < -0.4 is 14.5 Å². The molecule has 13 heteroatoms. The van der Waals surface area contributed by atoms with Crippen LogP contribution in [0.1, 0.15) is 11.1 Å². The average Bonchev–Trinajstić information content (AvgIpc) is 2.84. The summed E-state index contributed by atoms with van der Waals surface area (Å²) in [5.74, 6) is -0.298. The molecule has 0 atom stereocenters. The number of aryl methyl sites for hydroxylation is 1. The lowest BCUT2D eigenvalue weighted by Gasteiger charge is -2.24. The van der Waals surface area contributed by atoms with Gasteiger partial charge in [-0.3, -0.25) is 19.2 Å². The Morgan fingerprint density at radius 3 is 2.44 bits per heavy atom. The van der Waals surface area contributed by atoms with Crippen LogP contribution in [0.3, 0.4) is 0 Å². The topological polar surface area (TPSA) is 131 Å². The molecule has 0 radical (unpaired) electrons. The first kappa shape index (κ1) is 26.9. The fourth-order valence-corrected chi connectivity index (χ4v) is 4.98. The van der Waals surface area contributed by atoms with Crippen molar-refractivity contribution < 1.29 is 22.9 Å². The van der Waals surface area contributed by atoms with Crippen molar-refractivity contribution in [2.45, 2.75) is 11.8 Å². The summed E-state index contributed by atoms with van der Waals surface area (Å²) >= 11 is 11.9. The zero-order valence-corrected chi connectivity index (χ0v) is 21.3. The van der Waals surface area contributed by atoms with Crippen LogP contribution in [0.2, 0.25) is 10.0 Å². The highest BCUT2D eigenvalue weighted by molar-refractivity contribution is 7.92. The van der Waals surface area contributed by atoms with Gasteiger partial charge < -0.3 is 4.74 Å². The van der Waals surface area contributed by atoms with Crippen LogP contribution in [-0.2, 0) is 14.8 Å². The maximum absolute atomic E-state index is 13.5. The number of hydrogen-bond acceptors (Lipinski definition) is 7. The van der Waals surface area contributed by atoms with Crippen molar-refractivity contribution in [3.05, 3.63) is 92.0 Å². The second kappa shape index (κ2) is 11.4. The number of halogens is 2. The Kier molecular flexibility index (Phi) is 8.51. The van der Waals surface area contributed by atoms with Gasteiger partial charge in [0.05, 0.1) is 33.9 Å². The summed E-state index contributed by atoms with van der Waals surface area (Å²) in [6.07, 6.45) is 1.28. The number of ether oxygens (including phenoxy) is 1. The third-order valence-corrected chi connectivity index (χ3v) is 7.30. The molecule has 0 bridgehead atoms. The van der Waals surface area contributed by atoms with E-state index in [0.29, 0.717) is 26.9 Å². The quantitative estimate of drug-likeness (QED) is 0.236. The lowest BCUT2D eigenvalue weighted by molar-refractivity contribution is -0.385. The van der Waals surface area contributed by atoms with Crippen LogP contribution in [-0.4, -0.2) is 39.1 Å². The Morgan fingerprint density at radius 1 is 1.14 bits per heavy atom. The standard InChI is InChI=1S/C23H20Cl2N4O6S/c1-15-3-10-20(12-22(15)29(31)32)36(33,34)28(18-6-8-19(35-2)9-7-18)14-23(30)27-26-13-16-4-5-17(24)11-21(16)25/h3-13H,14H2,1-2H3,(H,27,30)/b26-13-. The van der Waals surface area contributed by atoms with E-state index in [1.807, 2.05) is 0 Å². The van der Waals surface area contributed by atoms with Gasteiger partial charge >= 0.3 is 0 Å². The molecule has 3 aromatic rings. The molecule has 3 rings (SSSR count). The third-order valence-electron chi connectivity index (χ3n) is 4.97. The van der Waals surface area contributed by atoms with Gasteiger partial charge in [0.2, 0.25) is 0 Å². The number of anilines is 1. The molecule has 188 valence electrons. The van der Waals surface area contributed by atoms with Crippen LogP contribution in [0.4, 0.5) is 11.4 Å². The number of nitro groups is 1. The molecular formula is C23H20Cl2N4O6S. The van der Waals surface area contributed by atoms with Gasteiger partial charge in [-0.2, -0.15) is 5.10 Å². The van der Waals surface area contributed by atoms with Crippen LogP contribution in [0.15, 0.2) is 70.7 Å². The summed E-state index contributed by atoms with van der Waals surface area (Å²) in [7, 11) is -2.94. The van der Waals surface area contributed by atoms with E-state index < -0.39 is 27.4 Å². The number of hydrogen-bond donors (Lipinski definition) is 1. The van der Waals surface area contributed by atoms with E-state index >= 15 is 0 Å². The fraction of sp³-hybridized carbons (Fsp3) is 0.130. The van der Waals surface area contributed by atoms with Gasteiger partial charge in [0, 0.05) is 22.2 Å². The molecule has 0 heterocycles. The predicted octanol–water partition coefficient (Wildman–Crippen LogP) is 4.56. The summed E-state index contributed by atoms with van der Waals surface area (Å²) in [5.41, 5.74) is 2.81. The normalized spacial score (nSPS) is 11.3. The first-order valence-corrected chi connectivity index (χ1v) is 12.4. The number of nitro benzene ring substituents is 1. The van der Waals surface area contributed by atoms with Crippen LogP contribution >= 0.6 is 23.2 Å². The molecule has 1 N–H and O–H groups in total. The number of hydrazone groups is 1. The molecule has 36 heavy (non-hydrogen) atoms. The van der Waals surface area contributed by atoms with Gasteiger partial charge in [0.25, 0.3) is 21.6 Å². The summed E-state index contributed by atoms with van der Waals surface area (Å²) in [6, 6.07) is 14.2. The molecule has 10 nitrogen and oxygen atoms in total. The second-order valence-electron chi connectivity index (χ2n) is 7.37. The van der Waals surface area contributed by atoms with Crippen molar-refractivity contribution in [1.29, 1.82) is 0 Å². The van der Waals surface area contributed by atoms with Gasteiger partial charge in [-0.25, -0.2) is 13.8 Å². The van der Waals surface area contributed by atoms with Gasteiger partial charge in [-0.05, 0) is 49.4 Å². The highest BCUT2D eigenvalue weighted by atomic mass is 35.5. The predicted molar refractivity (Wildman–Crippen MR) is 138 cm³/mol. The molecule has 1 amide bonds. The molecule has 0 aliphatic carbocycles. The summed E-state index contributed by atoms with van der Waals surface area (Å²) < 4.78 is 32.9. The van der Waals surface area contributed by atoms with Gasteiger partial charge in [-0.1, -0.05) is 35.3 Å². The minimum atomic E-state index is -4.39. The van der Waals surface area contributed by atoms with Crippen molar-refractivity contribution in [1.82, 2.24) is 5.43 Å². The zero-order chi connectivity index (χ0) is 26.5. The fourth-order valence-electron chi connectivity index (χ4n) is 3.08. The SMILES string of the molecule is COc1ccc(N(CC(=O)N/N=C\c2ccc(Cl)cc2Cl)S(=O)(=O)c2ccc(C)c([N+](=O)[O-])c2)cc1. The van der Waals surface area contributed by atoms with Crippen molar-refractivity contribution in [3.63, 3.8) is 0 Å². The Balaban J connectivity index is 1.92. The first-order valence-electron chi connectivity index (χ1n) is 10.2. The van der Waals surface area contributed by atoms with E-state index in [2.05, 4.69) is 10.5 Å². The molecule has 0 saturated heterocycles. The maximum atomic E-state index is 13.5. The largest absolute Gasteiger partial charge is 0.497 e. The highest BCUT2D eigenvalue weighted by Crippen LogP contribution is 2.29. The van der Waals surface area contributed by atoms with E-state index in [-0.39, 0.29) is 16.3 Å². The molecule has 0 saturated carbocycles. The Labute approximate surface area is 217 Å². The van der Waals surface area contributed by atoms with Crippen molar-refractivity contribution in [2.24, 2.45) is 5.10 Å². The van der Waals surface area contributed by atoms with Gasteiger partial charge in [-0.15, -0.1) is 0 Å². The average molecular weight is 551 g/mol. The smallest absolute Gasteiger partial charge is 0.273 e. The van der Waals surface area contributed by atoms with Crippen molar-refractivity contribution in [2.75, 3.05) is 18.0 Å². The molecule has 0 aliphatic rings. The molecular weight excluding hydrogens is 531 g/mol. The number of nitrogens with zero attached hydrogens (tertiary/aromatic N) is 3. The second-order valence-corrected chi connectivity index (χ2v) is 10.1. The Morgan fingerprint density at radius 2 is 1.83 bits per heavy atom. The van der Waals surface area contributed by atoms with E-state index in [4.69, 9.17) is 27.9 Å². The third kappa shape index (κ3) is 6.30. The number of carbonyl (C=O) groups is 1. The Bertz CT molecular complexity index is 1430. The molecule has 0 aliphatic heterocycles. The van der Waals surface area contributed by atoms with Crippen LogP contribution in [0, 0.1) is 17.0 Å². The number of carbonyl (C=O) groups excluding carboxylic acids is 1. The molecule has 3 aromatic carbocycles. The molecule has 0 spiro atoms. The van der Waals surface area contributed by atoms with Crippen LogP contribution in [0.5, 0.6) is 5.75 Å². The summed E-state index contributed by atoms with van der Waals surface area (Å²) in [6.45, 7) is 0.830. The minimum absolute atomic E-state index is 0.138. The summed E-state index contributed by atoms with van der Waals surface area (Å²) in [5, 5.41) is 15.9. The minimum Gasteiger partial charge on any atom is -0.497 e. The zero-order valence-electron chi connectivity index (χ0n) is 19.0. The van der Waals surface area contributed by atoms with E-state index in [1.54, 1.807) is 12.1 Å². The number of benzene rings is 3. The monoisotopic (exact) mass is 550 g/mol. The maximum Gasteiger partial charge on any atom is 0.273 e. The molecule has 0 unspecified atom stereocenters. The number of methoxy groups -OCH3 is 1. The van der Waals surface area contributed by atoms with Gasteiger partial charge in [0.15, 0.2) is 0 Å².